The summed E-state index contributed by atoms with van der Waals surface area (Å²) in [6.45, 7) is 8.21. The third-order valence-corrected chi connectivity index (χ3v) is 4.92. The van der Waals surface area contributed by atoms with Crippen LogP contribution in [0.2, 0.25) is 0 Å². The Balaban J connectivity index is 1.86. The minimum Gasteiger partial charge on any atom is -0.488 e. The van der Waals surface area contributed by atoms with E-state index in [2.05, 4.69) is 80.3 Å². The van der Waals surface area contributed by atoms with Gasteiger partial charge >= 0.3 is 0 Å². The quantitative estimate of drug-likeness (QED) is 0.662. The van der Waals surface area contributed by atoms with E-state index in [0.717, 1.165) is 24.2 Å². The molecule has 0 saturated carbocycles. The molecule has 0 fully saturated rings. The van der Waals surface area contributed by atoms with E-state index in [9.17, 15) is 0 Å². The van der Waals surface area contributed by atoms with Crippen LogP contribution < -0.4 is 4.74 Å². The second kappa shape index (κ2) is 7.75. The number of rotatable bonds is 7. The highest BCUT2D eigenvalue weighted by atomic mass is 16.5. The zero-order chi connectivity index (χ0) is 17.8. The van der Waals surface area contributed by atoms with Crippen LogP contribution >= 0.6 is 0 Å². The molecule has 0 bridgehead atoms. The van der Waals surface area contributed by atoms with Gasteiger partial charge < -0.3 is 14.6 Å². The average molecular weight is 336 g/mol. The molecule has 3 nitrogen and oxygen atoms in total. The lowest BCUT2D eigenvalue weighted by Gasteiger charge is -2.20. The summed E-state index contributed by atoms with van der Waals surface area (Å²) in [4.78, 5) is 5.78. The number of likely N-dealkylation sites (N-methyl/N-ethyl adjacent to an activating group) is 1. The van der Waals surface area contributed by atoms with Gasteiger partial charge in [0.05, 0.1) is 0 Å². The Kier molecular flexibility index (Phi) is 5.44. The largest absolute Gasteiger partial charge is 0.488 e. The molecular formula is C22H28N2O. The Bertz CT molecular complexity index is 821. The zero-order valence-electron chi connectivity index (χ0n) is 15.7. The number of aromatic nitrogens is 1. The highest BCUT2D eigenvalue weighted by Crippen LogP contribution is 2.33. The molecule has 2 aromatic carbocycles. The van der Waals surface area contributed by atoms with Gasteiger partial charge in [0, 0.05) is 29.7 Å². The molecule has 0 aliphatic heterocycles. The Morgan fingerprint density at radius 3 is 2.56 bits per heavy atom. The van der Waals surface area contributed by atoms with Crippen LogP contribution in [0.5, 0.6) is 5.75 Å². The van der Waals surface area contributed by atoms with Crippen molar-refractivity contribution in [2.75, 3.05) is 13.6 Å². The van der Waals surface area contributed by atoms with E-state index in [1.165, 1.54) is 22.1 Å². The number of nitrogens with zero attached hydrogens (tertiary/aromatic N) is 1. The van der Waals surface area contributed by atoms with Crippen molar-refractivity contribution >= 4 is 10.9 Å². The molecule has 1 N–H and O–H groups in total. The molecule has 0 spiro atoms. The first-order valence-corrected chi connectivity index (χ1v) is 9.02. The lowest BCUT2D eigenvalue weighted by Crippen LogP contribution is -2.28. The van der Waals surface area contributed by atoms with Crippen molar-refractivity contribution in [1.82, 2.24) is 9.88 Å². The first-order valence-electron chi connectivity index (χ1n) is 9.02. The molecule has 0 unspecified atom stereocenters. The fourth-order valence-corrected chi connectivity index (χ4v) is 3.03. The van der Waals surface area contributed by atoms with Crippen LogP contribution in [0.25, 0.3) is 10.9 Å². The van der Waals surface area contributed by atoms with Crippen molar-refractivity contribution in [1.29, 1.82) is 0 Å². The Labute approximate surface area is 150 Å². The number of aromatic amines is 1. The van der Waals surface area contributed by atoms with Gasteiger partial charge in [-0.15, -0.1) is 0 Å². The topological polar surface area (TPSA) is 28.3 Å². The molecular weight excluding hydrogens is 308 g/mol. The zero-order valence-corrected chi connectivity index (χ0v) is 15.7. The smallest absolute Gasteiger partial charge is 0.132 e. The van der Waals surface area contributed by atoms with Crippen LogP contribution in [-0.4, -0.2) is 29.5 Å². The Morgan fingerprint density at radius 1 is 1.08 bits per heavy atom. The van der Waals surface area contributed by atoms with Crippen molar-refractivity contribution in [3.8, 4) is 5.75 Å². The van der Waals surface area contributed by atoms with Crippen molar-refractivity contribution in [2.45, 2.75) is 39.8 Å². The molecule has 3 heteroatoms. The lowest BCUT2D eigenvalue weighted by atomic mass is 10.1. The molecule has 0 aliphatic rings. The van der Waals surface area contributed by atoms with Crippen LogP contribution in [0.4, 0.5) is 0 Å². The van der Waals surface area contributed by atoms with E-state index in [-0.39, 0.29) is 0 Å². The number of hydrogen-bond donors (Lipinski definition) is 1. The number of fused-ring (bicyclic) bond motifs is 1. The van der Waals surface area contributed by atoms with E-state index in [1.807, 2.05) is 6.07 Å². The van der Waals surface area contributed by atoms with Crippen molar-refractivity contribution in [2.24, 2.45) is 0 Å². The number of aryl methyl sites for hydroxylation is 1. The molecule has 3 rings (SSSR count). The fourth-order valence-electron chi connectivity index (χ4n) is 3.03. The predicted molar refractivity (Wildman–Crippen MR) is 105 cm³/mol. The van der Waals surface area contributed by atoms with Crippen molar-refractivity contribution in [3.63, 3.8) is 0 Å². The monoisotopic (exact) mass is 336 g/mol. The van der Waals surface area contributed by atoms with Crippen LogP contribution in [0.1, 0.15) is 30.5 Å². The standard InChI is InChI=1S/C22H28N2O/c1-16(2)24(4)13-12-19-14-23-20-11-10-17(3)22(21(19)20)25-15-18-8-6-5-7-9-18/h5-11,14,16,23H,12-13,15H2,1-4H3. The molecule has 0 saturated heterocycles. The SMILES string of the molecule is Cc1ccc2[nH]cc(CCN(C)C(C)C)c2c1OCc1ccccc1. The molecule has 132 valence electrons. The molecule has 0 radical (unpaired) electrons. The number of H-pyrrole nitrogens is 1. The maximum absolute atomic E-state index is 6.26. The molecule has 3 aromatic rings. The van der Waals surface area contributed by atoms with Gasteiger partial charge in [0.2, 0.25) is 0 Å². The summed E-state index contributed by atoms with van der Waals surface area (Å²) in [7, 11) is 2.18. The van der Waals surface area contributed by atoms with Crippen LogP contribution in [0.15, 0.2) is 48.7 Å². The molecule has 1 heterocycles. The molecule has 0 atom stereocenters. The van der Waals surface area contributed by atoms with Gasteiger partial charge in [0.25, 0.3) is 0 Å². The summed E-state index contributed by atoms with van der Waals surface area (Å²) in [5.41, 5.74) is 4.85. The van der Waals surface area contributed by atoms with Crippen LogP contribution in [-0.2, 0) is 13.0 Å². The number of ether oxygens (including phenoxy) is 1. The number of nitrogens with one attached hydrogen (secondary N) is 1. The highest BCUT2D eigenvalue weighted by Gasteiger charge is 2.14. The van der Waals surface area contributed by atoms with Gasteiger partial charge in [-0.2, -0.15) is 0 Å². The van der Waals surface area contributed by atoms with E-state index >= 15 is 0 Å². The maximum atomic E-state index is 6.26. The first-order chi connectivity index (χ1) is 12.1. The third-order valence-electron chi connectivity index (χ3n) is 4.92. The summed E-state index contributed by atoms with van der Waals surface area (Å²) in [5, 5.41) is 1.23. The lowest BCUT2D eigenvalue weighted by molar-refractivity contribution is 0.277. The van der Waals surface area contributed by atoms with E-state index in [0.29, 0.717) is 12.6 Å². The Morgan fingerprint density at radius 2 is 1.84 bits per heavy atom. The van der Waals surface area contributed by atoms with Crippen LogP contribution in [0.3, 0.4) is 0 Å². The average Bonchev–Trinajstić information content (AvgIpc) is 3.03. The number of hydrogen-bond acceptors (Lipinski definition) is 2. The van der Waals surface area contributed by atoms with Gasteiger partial charge in [-0.05, 0) is 57.0 Å². The molecule has 25 heavy (non-hydrogen) atoms. The van der Waals surface area contributed by atoms with Gasteiger partial charge in [-0.3, -0.25) is 0 Å². The normalized spacial score (nSPS) is 11.6. The third kappa shape index (κ3) is 4.05. The molecule has 0 amide bonds. The second-order valence-corrected chi connectivity index (χ2v) is 7.05. The van der Waals surface area contributed by atoms with Gasteiger partial charge in [-0.1, -0.05) is 36.4 Å². The van der Waals surface area contributed by atoms with Crippen molar-refractivity contribution < 1.29 is 4.74 Å². The van der Waals surface area contributed by atoms with Gasteiger partial charge in [-0.25, -0.2) is 0 Å². The minimum absolute atomic E-state index is 0.556. The van der Waals surface area contributed by atoms with Gasteiger partial charge in [0.15, 0.2) is 0 Å². The van der Waals surface area contributed by atoms with E-state index in [4.69, 9.17) is 4.74 Å². The summed E-state index contributed by atoms with van der Waals surface area (Å²) in [6, 6.07) is 15.2. The van der Waals surface area contributed by atoms with E-state index in [1.54, 1.807) is 0 Å². The minimum atomic E-state index is 0.556. The Hall–Kier alpha value is -2.26. The number of benzene rings is 2. The first kappa shape index (κ1) is 17.6. The summed E-state index contributed by atoms with van der Waals surface area (Å²) in [6.07, 6.45) is 3.15. The van der Waals surface area contributed by atoms with Crippen LogP contribution in [0, 0.1) is 6.92 Å². The predicted octanol–water partition coefficient (Wildman–Crippen LogP) is 4.94. The molecule has 0 aliphatic carbocycles. The summed E-state index contributed by atoms with van der Waals surface area (Å²) >= 11 is 0. The second-order valence-electron chi connectivity index (χ2n) is 7.05. The highest BCUT2D eigenvalue weighted by molar-refractivity contribution is 5.90. The maximum Gasteiger partial charge on any atom is 0.132 e. The fraction of sp³-hybridized carbons (Fsp3) is 0.364. The van der Waals surface area contributed by atoms with Gasteiger partial charge in [0.1, 0.15) is 12.4 Å². The molecule has 1 aromatic heterocycles. The van der Waals surface area contributed by atoms with E-state index < -0.39 is 0 Å². The van der Waals surface area contributed by atoms with Crippen molar-refractivity contribution in [3.05, 3.63) is 65.4 Å². The summed E-state index contributed by atoms with van der Waals surface area (Å²) in [5.74, 6) is 1.00. The summed E-state index contributed by atoms with van der Waals surface area (Å²) < 4.78 is 6.26.